The summed E-state index contributed by atoms with van der Waals surface area (Å²) in [5.74, 6) is 0.638. The van der Waals surface area contributed by atoms with E-state index in [0.29, 0.717) is 11.5 Å². The van der Waals surface area contributed by atoms with Gasteiger partial charge in [0.15, 0.2) is 5.82 Å². The maximum absolute atomic E-state index is 5.56. The molecular formula is C12H20N4OS. The zero-order valence-corrected chi connectivity index (χ0v) is 11.5. The zero-order valence-electron chi connectivity index (χ0n) is 10.7. The number of nitrogens with zero attached hydrogens (tertiary/aromatic N) is 2. The van der Waals surface area contributed by atoms with E-state index < -0.39 is 0 Å². The smallest absolute Gasteiger partial charge is 0.155 e. The number of anilines is 1. The molecule has 0 unspecified atom stereocenters. The Hall–Kier alpha value is -1.27. The van der Waals surface area contributed by atoms with Gasteiger partial charge in [0.05, 0.1) is 0 Å². The molecule has 0 spiro atoms. The Labute approximate surface area is 113 Å². The second kappa shape index (κ2) is 8.77. The van der Waals surface area contributed by atoms with Crippen LogP contribution in [0.3, 0.4) is 0 Å². The average molecular weight is 268 g/mol. The first-order valence-corrected chi connectivity index (χ1v) is 6.59. The predicted molar refractivity (Wildman–Crippen MR) is 76.8 cm³/mol. The van der Waals surface area contributed by atoms with Gasteiger partial charge in [-0.3, -0.25) is 0 Å². The summed E-state index contributed by atoms with van der Waals surface area (Å²) in [6, 6.07) is 0. The molecule has 0 aliphatic carbocycles. The van der Waals surface area contributed by atoms with Gasteiger partial charge in [0.1, 0.15) is 10.7 Å². The molecule has 0 aliphatic rings. The highest BCUT2D eigenvalue weighted by Crippen LogP contribution is 2.07. The molecular weight excluding hydrogens is 248 g/mol. The molecule has 0 bridgehead atoms. The summed E-state index contributed by atoms with van der Waals surface area (Å²) >= 11 is 4.91. The van der Waals surface area contributed by atoms with Gasteiger partial charge in [0.25, 0.3) is 0 Å². The number of hydrogen-bond donors (Lipinski definition) is 2. The number of rotatable bonds is 9. The van der Waals surface area contributed by atoms with Crippen molar-refractivity contribution >= 4 is 23.0 Å². The van der Waals surface area contributed by atoms with Crippen LogP contribution in [0.4, 0.5) is 5.82 Å². The molecule has 0 atom stereocenters. The van der Waals surface area contributed by atoms with Crippen molar-refractivity contribution in [2.75, 3.05) is 25.1 Å². The lowest BCUT2D eigenvalue weighted by Crippen LogP contribution is -2.17. The van der Waals surface area contributed by atoms with Crippen LogP contribution >= 0.6 is 12.2 Å². The van der Waals surface area contributed by atoms with Crippen LogP contribution in [0.25, 0.3) is 0 Å². The zero-order chi connectivity index (χ0) is 13.2. The van der Waals surface area contributed by atoms with Crippen molar-refractivity contribution in [2.45, 2.75) is 26.2 Å². The molecule has 0 aliphatic heterocycles. The second-order valence-corrected chi connectivity index (χ2v) is 4.30. The lowest BCUT2D eigenvalue weighted by atomic mass is 10.3. The van der Waals surface area contributed by atoms with Gasteiger partial charge in [-0.15, -0.1) is 0 Å². The van der Waals surface area contributed by atoms with Crippen LogP contribution in [0.5, 0.6) is 0 Å². The fourth-order valence-corrected chi connectivity index (χ4v) is 1.53. The summed E-state index contributed by atoms with van der Waals surface area (Å²) in [6.45, 7) is 4.49. The molecule has 100 valence electrons. The summed E-state index contributed by atoms with van der Waals surface area (Å²) < 4.78 is 5.46. The Kier molecular flexibility index (Phi) is 7.20. The number of unbranched alkanes of at least 4 members (excludes halogenated alkanes) is 1. The maximum atomic E-state index is 5.56. The number of nitrogens with one attached hydrogen (secondary N) is 1. The normalized spacial score (nSPS) is 10.3. The van der Waals surface area contributed by atoms with Gasteiger partial charge in [0.2, 0.25) is 0 Å². The Bertz CT molecular complexity index is 373. The van der Waals surface area contributed by atoms with Crippen molar-refractivity contribution in [2.24, 2.45) is 5.73 Å². The molecule has 0 saturated heterocycles. The first kappa shape index (κ1) is 14.8. The Morgan fingerprint density at radius 3 is 2.78 bits per heavy atom. The third-order valence-corrected chi connectivity index (χ3v) is 2.53. The maximum Gasteiger partial charge on any atom is 0.155 e. The van der Waals surface area contributed by atoms with Gasteiger partial charge in [-0.25, -0.2) is 9.97 Å². The van der Waals surface area contributed by atoms with Gasteiger partial charge in [-0.1, -0.05) is 25.6 Å². The monoisotopic (exact) mass is 268 g/mol. The van der Waals surface area contributed by atoms with Crippen molar-refractivity contribution in [3.05, 3.63) is 18.1 Å². The summed E-state index contributed by atoms with van der Waals surface area (Å²) in [5.41, 5.74) is 6.11. The molecule has 0 aromatic carbocycles. The lowest BCUT2D eigenvalue weighted by Gasteiger charge is -2.08. The number of hydrogen-bond acceptors (Lipinski definition) is 5. The van der Waals surface area contributed by atoms with Crippen LogP contribution in [-0.2, 0) is 4.74 Å². The van der Waals surface area contributed by atoms with Crippen LogP contribution in [-0.4, -0.2) is 34.7 Å². The van der Waals surface area contributed by atoms with Crippen molar-refractivity contribution < 1.29 is 4.74 Å². The molecule has 0 radical (unpaired) electrons. The molecule has 0 saturated carbocycles. The first-order chi connectivity index (χ1) is 8.75. The van der Waals surface area contributed by atoms with Crippen LogP contribution in [0.15, 0.2) is 12.4 Å². The summed E-state index contributed by atoms with van der Waals surface area (Å²) in [4.78, 5) is 8.51. The molecule has 18 heavy (non-hydrogen) atoms. The van der Waals surface area contributed by atoms with Crippen LogP contribution in [0, 0.1) is 0 Å². The highest BCUT2D eigenvalue weighted by atomic mass is 32.1. The molecule has 3 N–H and O–H groups in total. The summed E-state index contributed by atoms with van der Waals surface area (Å²) in [5, 5.41) is 3.16. The van der Waals surface area contributed by atoms with Crippen molar-refractivity contribution in [3.63, 3.8) is 0 Å². The van der Waals surface area contributed by atoms with Crippen LogP contribution in [0.1, 0.15) is 31.9 Å². The van der Waals surface area contributed by atoms with Gasteiger partial charge in [0, 0.05) is 32.2 Å². The molecule has 0 fully saturated rings. The van der Waals surface area contributed by atoms with E-state index in [-0.39, 0.29) is 4.99 Å². The third kappa shape index (κ3) is 5.37. The number of aromatic nitrogens is 2. The fraction of sp³-hybridized carbons (Fsp3) is 0.583. The fourth-order valence-electron chi connectivity index (χ4n) is 1.38. The third-order valence-electron chi connectivity index (χ3n) is 2.33. The van der Waals surface area contributed by atoms with Crippen LogP contribution < -0.4 is 11.1 Å². The Balaban J connectivity index is 2.25. The lowest BCUT2D eigenvalue weighted by molar-refractivity contribution is 0.131. The second-order valence-electron chi connectivity index (χ2n) is 3.86. The minimum Gasteiger partial charge on any atom is -0.388 e. The van der Waals surface area contributed by atoms with Gasteiger partial charge < -0.3 is 15.8 Å². The van der Waals surface area contributed by atoms with Gasteiger partial charge in [-0.2, -0.15) is 0 Å². The van der Waals surface area contributed by atoms with Crippen molar-refractivity contribution in [1.29, 1.82) is 0 Å². The largest absolute Gasteiger partial charge is 0.388 e. The van der Waals surface area contributed by atoms with E-state index >= 15 is 0 Å². The highest BCUT2D eigenvalue weighted by molar-refractivity contribution is 7.80. The molecule has 1 aromatic heterocycles. The van der Waals surface area contributed by atoms with Crippen molar-refractivity contribution in [1.82, 2.24) is 9.97 Å². The summed E-state index contributed by atoms with van der Waals surface area (Å²) in [7, 11) is 0. The first-order valence-electron chi connectivity index (χ1n) is 6.18. The van der Waals surface area contributed by atoms with Crippen LogP contribution in [0.2, 0.25) is 0 Å². The molecule has 6 heteroatoms. The predicted octanol–water partition coefficient (Wildman–Crippen LogP) is 1.73. The quantitative estimate of drug-likeness (QED) is 0.525. The van der Waals surface area contributed by atoms with Crippen molar-refractivity contribution in [3.8, 4) is 0 Å². The summed E-state index contributed by atoms with van der Waals surface area (Å²) in [6.07, 6.45) is 6.38. The Morgan fingerprint density at radius 2 is 2.06 bits per heavy atom. The van der Waals surface area contributed by atoms with Gasteiger partial charge in [-0.05, 0) is 12.8 Å². The molecule has 0 amide bonds. The van der Waals surface area contributed by atoms with E-state index in [2.05, 4.69) is 22.2 Å². The Morgan fingerprint density at radius 1 is 1.33 bits per heavy atom. The molecule has 1 aromatic rings. The van der Waals surface area contributed by atoms with E-state index in [0.717, 1.165) is 39.0 Å². The van der Waals surface area contributed by atoms with Gasteiger partial charge >= 0.3 is 0 Å². The topological polar surface area (TPSA) is 73.1 Å². The standard InChI is InChI=1S/C12H20N4OS/c1-2-3-8-17-9-4-5-15-12-10(11(13)18)14-6-7-16-12/h6-7H,2-5,8-9H2,1H3,(H2,13,18)(H,15,16). The number of nitrogens with two attached hydrogens (primary N) is 1. The minimum absolute atomic E-state index is 0.254. The van der Waals surface area contributed by atoms with E-state index in [4.69, 9.17) is 22.7 Å². The highest BCUT2D eigenvalue weighted by Gasteiger charge is 2.06. The SMILES string of the molecule is CCCCOCCCNc1nccnc1C(N)=S. The number of ether oxygens (including phenoxy) is 1. The van der Waals surface area contributed by atoms with E-state index in [1.54, 1.807) is 12.4 Å². The molecule has 5 nitrogen and oxygen atoms in total. The molecule has 1 heterocycles. The average Bonchev–Trinajstić information content (AvgIpc) is 2.38. The number of thiocarbonyl (C=S) groups is 1. The van der Waals surface area contributed by atoms with E-state index in [9.17, 15) is 0 Å². The van der Waals surface area contributed by atoms with E-state index in [1.807, 2.05) is 0 Å². The minimum atomic E-state index is 0.254. The van der Waals surface area contributed by atoms with E-state index in [1.165, 1.54) is 0 Å². The molecule has 1 rings (SSSR count).